The summed E-state index contributed by atoms with van der Waals surface area (Å²) in [5.41, 5.74) is 3.90. The molecule has 2 aliphatic rings. The number of carbonyl (C=O) groups excluding carboxylic acids is 1. The van der Waals surface area contributed by atoms with Gasteiger partial charge in [0.1, 0.15) is 0 Å². The average Bonchev–Trinajstić information content (AvgIpc) is 2.54. The summed E-state index contributed by atoms with van der Waals surface area (Å²) in [7, 11) is 0. The maximum Gasteiger partial charge on any atom is 0.230 e. The van der Waals surface area contributed by atoms with Crippen LogP contribution in [-0.4, -0.2) is 25.5 Å². The van der Waals surface area contributed by atoms with E-state index >= 15 is 0 Å². The van der Waals surface area contributed by atoms with Crippen molar-refractivity contribution in [3.63, 3.8) is 0 Å². The van der Waals surface area contributed by atoms with Gasteiger partial charge in [-0.3, -0.25) is 4.79 Å². The first-order valence-corrected chi connectivity index (χ1v) is 8.31. The minimum Gasteiger partial charge on any atom is -0.317 e. The van der Waals surface area contributed by atoms with Gasteiger partial charge in [0.15, 0.2) is 0 Å². The first-order valence-electron chi connectivity index (χ1n) is 8.31. The molecule has 1 aromatic carbocycles. The molecule has 1 aromatic rings. The van der Waals surface area contributed by atoms with Gasteiger partial charge in [-0.2, -0.15) is 0 Å². The van der Waals surface area contributed by atoms with Gasteiger partial charge in [-0.05, 0) is 61.9 Å². The number of rotatable bonds is 2. The fourth-order valence-electron chi connectivity index (χ4n) is 3.49. The van der Waals surface area contributed by atoms with Gasteiger partial charge >= 0.3 is 0 Å². The molecule has 0 unspecified atom stereocenters. The van der Waals surface area contributed by atoms with Crippen LogP contribution in [0, 0.1) is 5.92 Å². The van der Waals surface area contributed by atoms with Crippen LogP contribution in [-0.2, 0) is 11.2 Å². The monoisotopic (exact) mass is 322 g/mol. The zero-order valence-corrected chi connectivity index (χ0v) is 14.4. The van der Waals surface area contributed by atoms with Gasteiger partial charge < -0.3 is 10.2 Å². The Morgan fingerprint density at radius 3 is 2.68 bits per heavy atom. The lowest BCUT2D eigenvalue weighted by Gasteiger charge is -2.34. The fraction of sp³-hybridized carbons (Fsp3) is 0.611. The van der Waals surface area contributed by atoms with Crippen molar-refractivity contribution in [1.82, 2.24) is 5.32 Å². The standard InChI is InChI=1S/C18H26N2O.ClH/c1-13(2)15-5-6-17-16(12-15)4-3-11-20(17)18(21)14-7-9-19-10-8-14;/h5-6,12-14,19H,3-4,7-11H2,1-2H3;1H. The first-order chi connectivity index (χ1) is 10.2. The molecule has 1 N–H and O–H groups in total. The summed E-state index contributed by atoms with van der Waals surface area (Å²) in [5.74, 6) is 1.10. The summed E-state index contributed by atoms with van der Waals surface area (Å²) in [5, 5.41) is 3.34. The van der Waals surface area contributed by atoms with Gasteiger partial charge in [0.25, 0.3) is 0 Å². The van der Waals surface area contributed by atoms with E-state index in [0.29, 0.717) is 11.8 Å². The van der Waals surface area contributed by atoms with Crippen molar-refractivity contribution in [2.24, 2.45) is 5.92 Å². The van der Waals surface area contributed by atoms with E-state index in [1.54, 1.807) is 0 Å². The fourth-order valence-corrected chi connectivity index (χ4v) is 3.49. The third-order valence-corrected chi connectivity index (χ3v) is 4.84. The molecule has 3 rings (SSSR count). The quantitative estimate of drug-likeness (QED) is 0.903. The molecule has 22 heavy (non-hydrogen) atoms. The lowest BCUT2D eigenvalue weighted by molar-refractivity contribution is -0.123. The van der Waals surface area contributed by atoms with Crippen molar-refractivity contribution in [2.75, 3.05) is 24.5 Å². The van der Waals surface area contributed by atoms with Crippen LogP contribution in [0.5, 0.6) is 0 Å². The van der Waals surface area contributed by atoms with Crippen LogP contribution in [0.25, 0.3) is 0 Å². The summed E-state index contributed by atoms with van der Waals surface area (Å²) >= 11 is 0. The second-order valence-corrected chi connectivity index (χ2v) is 6.66. The summed E-state index contributed by atoms with van der Waals surface area (Å²) in [6.45, 7) is 7.29. The van der Waals surface area contributed by atoms with Crippen LogP contribution >= 0.6 is 12.4 Å². The number of carbonyl (C=O) groups is 1. The summed E-state index contributed by atoms with van der Waals surface area (Å²) in [6, 6.07) is 6.67. The number of fused-ring (bicyclic) bond motifs is 1. The minimum atomic E-state index is 0. The van der Waals surface area contributed by atoms with E-state index in [4.69, 9.17) is 0 Å². The molecule has 2 heterocycles. The molecule has 0 aliphatic carbocycles. The van der Waals surface area contributed by atoms with Gasteiger partial charge in [0.05, 0.1) is 0 Å². The largest absolute Gasteiger partial charge is 0.317 e. The van der Waals surface area contributed by atoms with Crippen LogP contribution in [0.3, 0.4) is 0 Å². The number of nitrogens with one attached hydrogen (secondary N) is 1. The Labute approximate surface area is 139 Å². The Bertz CT molecular complexity index is 524. The maximum atomic E-state index is 12.8. The molecular formula is C18H27ClN2O. The van der Waals surface area contributed by atoms with Crippen molar-refractivity contribution in [3.8, 4) is 0 Å². The Morgan fingerprint density at radius 2 is 2.00 bits per heavy atom. The van der Waals surface area contributed by atoms with E-state index in [2.05, 4.69) is 42.3 Å². The molecule has 0 aromatic heterocycles. The molecule has 2 aliphatic heterocycles. The number of hydrogen-bond donors (Lipinski definition) is 1. The molecule has 3 nitrogen and oxygen atoms in total. The number of aryl methyl sites for hydroxylation is 1. The topological polar surface area (TPSA) is 32.3 Å². The zero-order valence-electron chi connectivity index (χ0n) is 13.6. The zero-order chi connectivity index (χ0) is 14.8. The Morgan fingerprint density at radius 1 is 1.27 bits per heavy atom. The number of nitrogens with zero attached hydrogens (tertiary/aromatic N) is 1. The van der Waals surface area contributed by atoms with Gasteiger partial charge in [0, 0.05) is 18.2 Å². The highest BCUT2D eigenvalue weighted by Gasteiger charge is 2.29. The Hall–Kier alpha value is -1.06. The van der Waals surface area contributed by atoms with Crippen molar-refractivity contribution in [1.29, 1.82) is 0 Å². The van der Waals surface area contributed by atoms with Gasteiger partial charge in [-0.25, -0.2) is 0 Å². The molecule has 1 amide bonds. The number of benzene rings is 1. The third-order valence-electron chi connectivity index (χ3n) is 4.84. The van der Waals surface area contributed by atoms with E-state index < -0.39 is 0 Å². The van der Waals surface area contributed by atoms with Crippen LogP contribution in [0.4, 0.5) is 5.69 Å². The highest BCUT2D eigenvalue weighted by Crippen LogP contribution is 2.32. The SMILES string of the molecule is CC(C)c1ccc2c(c1)CCCN2C(=O)C1CCNCC1.Cl. The minimum absolute atomic E-state index is 0. The van der Waals surface area contributed by atoms with Crippen molar-refractivity contribution < 1.29 is 4.79 Å². The summed E-state index contributed by atoms with van der Waals surface area (Å²) < 4.78 is 0. The maximum absolute atomic E-state index is 12.8. The molecule has 0 radical (unpaired) electrons. The van der Waals surface area contributed by atoms with E-state index in [-0.39, 0.29) is 18.3 Å². The van der Waals surface area contributed by atoms with E-state index in [9.17, 15) is 4.79 Å². The van der Waals surface area contributed by atoms with Crippen LogP contribution in [0.2, 0.25) is 0 Å². The van der Waals surface area contributed by atoms with Crippen LogP contribution in [0.15, 0.2) is 18.2 Å². The van der Waals surface area contributed by atoms with E-state index in [1.807, 2.05) is 0 Å². The van der Waals surface area contributed by atoms with Crippen molar-refractivity contribution >= 4 is 24.0 Å². The number of hydrogen-bond acceptors (Lipinski definition) is 2. The van der Waals surface area contributed by atoms with Crippen LogP contribution in [0.1, 0.15) is 50.2 Å². The normalized spacial score (nSPS) is 18.8. The van der Waals surface area contributed by atoms with E-state index in [1.165, 1.54) is 11.1 Å². The molecule has 1 fully saturated rings. The Balaban J connectivity index is 0.00000176. The number of anilines is 1. The number of amides is 1. The molecule has 4 heteroatoms. The van der Waals surface area contributed by atoms with Crippen molar-refractivity contribution in [3.05, 3.63) is 29.3 Å². The number of halogens is 1. The smallest absolute Gasteiger partial charge is 0.230 e. The molecule has 0 spiro atoms. The average molecular weight is 323 g/mol. The lowest BCUT2D eigenvalue weighted by atomic mass is 9.92. The second-order valence-electron chi connectivity index (χ2n) is 6.66. The van der Waals surface area contributed by atoms with Gasteiger partial charge in [-0.15, -0.1) is 12.4 Å². The molecule has 0 saturated carbocycles. The highest BCUT2D eigenvalue weighted by molar-refractivity contribution is 5.96. The molecule has 0 atom stereocenters. The van der Waals surface area contributed by atoms with Crippen LogP contribution < -0.4 is 10.2 Å². The summed E-state index contributed by atoms with van der Waals surface area (Å²) in [4.78, 5) is 14.9. The third kappa shape index (κ3) is 3.47. The van der Waals surface area contributed by atoms with Gasteiger partial charge in [-0.1, -0.05) is 26.0 Å². The Kier molecular flexibility index (Phi) is 5.87. The molecule has 122 valence electrons. The first kappa shape index (κ1) is 17.3. The predicted octanol–water partition coefficient (Wildman–Crippen LogP) is 3.51. The van der Waals surface area contributed by atoms with Crippen molar-refractivity contribution in [2.45, 2.75) is 45.4 Å². The second kappa shape index (κ2) is 7.47. The van der Waals surface area contributed by atoms with E-state index in [0.717, 1.165) is 51.0 Å². The molecule has 1 saturated heterocycles. The lowest BCUT2D eigenvalue weighted by Crippen LogP contribution is -2.43. The predicted molar refractivity (Wildman–Crippen MR) is 94.0 cm³/mol. The van der Waals surface area contributed by atoms with Gasteiger partial charge in [0.2, 0.25) is 5.91 Å². The highest BCUT2D eigenvalue weighted by atomic mass is 35.5. The summed E-state index contributed by atoms with van der Waals surface area (Å²) in [6.07, 6.45) is 4.15. The molecule has 0 bridgehead atoms. The number of piperidine rings is 1. The molecular weight excluding hydrogens is 296 g/mol.